The van der Waals surface area contributed by atoms with E-state index in [4.69, 9.17) is 0 Å². The minimum absolute atomic E-state index is 0.0865. The van der Waals surface area contributed by atoms with Crippen LogP contribution in [0.15, 0.2) is 6.20 Å². The fourth-order valence-electron chi connectivity index (χ4n) is 2.66. The Labute approximate surface area is 111 Å². The molecule has 0 aromatic carbocycles. The van der Waals surface area contributed by atoms with Gasteiger partial charge < -0.3 is 5.32 Å². The van der Waals surface area contributed by atoms with Gasteiger partial charge >= 0.3 is 6.18 Å². The molecule has 0 aliphatic heterocycles. The lowest BCUT2D eigenvalue weighted by Gasteiger charge is -2.17. The molecule has 1 saturated carbocycles. The van der Waals surface area contributed by atoms with E-state index in [9.17, 15) is 13.2 Å². The maximum atomic E-state index is 13.2. The quantitative estimate of drug-likeness (QED) is 0.833. The molecule has 1 aromatic rings. The number of hydrogen-bond acceptors (Lipinski definition) is 2. The fourth-order valence-corrected chi connectivity index (χ4v) is 2.66. The first-order valence-electron chi connectivity index (χ1n) is 6.88. The van der Waals surface area contributed by atoms with Crippen LogP contribution in [0.2, 0.25) is 0 Å². The second-order valence-corrected chi connectivity index (χ2v) is 5.08. The molecule has 0 atom stereocenters. The van der Waals surface area contributed by atoms with E-state index in [0.717, 1.165) is 32.1 Å². The molecule has 0 unspecified atom stereocenters. The van der Waals surface area contributed by atoms with E-state index in [0.29, 0.717) is 6.54 Å². The van der Waals surface area contributed by atoms with Gasteiger partial charge in [0.1, 0.15) is 5.69 Å². The molecule has 1 fully saturated rings. The normalized spacial score (nSPS) is 17.3. The van der Waals surface area contributed by atoms with Crippen molar-refractivity contribution in [1.82, 2.24) is 15.1 Å². The van der Waals surface area contributed by atoms with Gasteiger partial charge in [-0.15, -0.1) is 0 Å². The van der Waals surface area contributed by atoms with Gasteiger partial charge in [0.25, 0.3) is 0 Å². The highest BCUT2D eigenvalue weighted by Crippen LogP contribution is 2.37. The Balaban J connectivity index is 2.23. The summed E-state index contributed by atoms with van der Waals surface area (Å²) < 4.78 is 40.9. The average molecular weight is 275 g/mol. The molecular weight excluding hydrogens is 255 g/mol. The van der Waals surface area contributed by atoms with E-state index < -0.39 is 11.9 Å². The van der Waals surface area contributed by atoms with Crippen molar-refractivity contribution >= 4 is 0 Å². The van der Waals surface area contributed by atoms with E-state index in [-0.39, 0.29) is 18.2 Å². The van der Waals surface area contributed by atoms with Crippen molar-refractivity contribution in [3.8, 4) is 0 Å². The number of nitrogens with zero attached hydrogens (tertiary/aromatic N) is 2. The largest absolute Gasteiger partial charge is 0.433 e. The molecule has 1 aliphatic rings. The third kappa shape index (κ3) is 3.29. The second kappa shape index (κ2) is 5.94. The van der Waals surface area contributed by atoms with E-state index in [1.807, 2.05) is 6.92 Å². The summed E-state index contributed by atoms with van der Waals surface area (Å²) in [6.45, 7) is 2.93. The van der Waals surface area contributed by atoms with Crippen molar-refractivity contribution in [2.75, 3.05) is 6.54 Å². The number of aromatic nitrogens is 2. The van der Waals surface area contributed by atoms with E-state index in [1.54, 1.807) is 0 Å². The Morgan fingerprint density at radius 2 is 2.05 bits per heavy atom. The fraction of sp³-hybridized carbons (Fsp3) is 0.769. The van der Waals surface area contributed by atoms with Gasteiger partial charge in [0.15, 0.2) is 0 Å². The number of rotatable bonds is 5. The molecule has 1 N–H and O–H groups in total. The predicted octanol–water partition coefficient (Wildman–Crippen LogP) is 3.52. The SMILES string of the molecule is CCCNCc1cnn(C2CCCC2)c1C(F)(F)F. The molecule has 2 rings (SSSR count). The predicted molar refractivity (Wildman–Crippen MR) is 66.7 cm³/mol. The highest BCUT2D eigenvalue weighted by atomic mass is 19.4. The first kappa shape index (κ1) is 14.4. The van der Waals surface area contributed by atoms with Crippen molar-refractivity contribution in [1.29, 1.82) is 0 Å². The van der Waals surface area contributed by atoms with Crippen molar-refractivity contribution in [3.63, 3.8) is 0 Å². The van der Waals surface area contributed by atoms with Gasteiger partial charge in [0.2, 0.25) is 0 Å². The van der Waals surface area contributed by atoms with Crippen LogP contribution in [0.3, 0.4) is 0 Å². The molecule has 0 amide bonds. The van der Waals surface area contributed by atoms with Crippen molar-refractivity contribution in [2.24, 2.45) is 0 Å². The Kier molecular flexibility index (Phi) is 4.50. The summed E-state index contributed by atoms with van der Waals surface area (Å²) >= 11 is 0. The lowest BCUT2D eigenvalue weighted by atomic mass is 10.2. The smallest absolute Gasteiger partial charge is 0.313 e. The van der Waals surface area contributed by atoms with Crippen molar-refractivity contribution < 1.29 is 13.2 Å². The lowest BCUT2D eigenvalue weighted by molar-refractivity contribution is -0.145. The summed E-state index contributed by atoms with van der Waals surface area (Å²) in [4.78, 5) is 0. The van der Waals surface area contributed by atoms with Crippen LogP contribution in [0.4, 0.5) is 13.2 Å². The van der Waals surface area contributed by atoms with Gasteiger partial charge in [0, 0.05) is 12.1 Å². The number of alkyl halides is 3. The van der Waals surface area contributed by atoms with Gasteiger partial charge in [0.05, 0.1) is 12.2 Å². The van der Waals surface area contributed by atoms with Crippen LogP contribution in [0.5, 0.6) is 0 Å². The highest BCUT2D eigenvalue weighted by Gasteiger charge is 2.39. The number of hydrogen-bond donors (Lipinski definition) is 1. The molecule has 1 heterocycles. The standard InChI is InChI=1S/C13H20F3N3/c1-2-7-17-8-10-9-18-19(11-5-3-4-6-11)12(10)13(14,15)16/h9,11,17H,2-8H2,1H3. The van der Waals surface area contributed by atoms with Crippen molar-refractivity contribution in [2.45, 2.75) is 57.8 Å². The van der Waals surface area contributed by atoms with Crippen LogP contribution < -0.4 is 5.32 Å². The van der Waals surface area contributed by atoms with Crippen LogP contribution in [0, 0.1) is 0 Å². The summed E-state index contributed by atoms with van der Waals surface area (Å²) in [7, 11) is 0. The summed E-state index contributed by atoms with van der Waals surface area (Å²) in [5.41, 5.74) is -0.309. The zero-order chi connectivity index (χ0) is 13.9. The minimum atomic E-state index is -4.33. The molecule has 19 heavy (non-hydrogen) atoms. The first-order valence-corrected chi connectivity index (χ1v) is 6.88. The summed E-state index contributed by atoms with van der Waals surface area (Å²) in [6.07, 6.45) is 1.51. The zero-order valence-corrected chi connectivity index (χ0v) is 11.1. The maximum absolute atomic E-state index is 13.2. The van der Waals surface area contributed by atoms with Crippen LogP contribution in [-0.2, 0) is 12.7 Å². The molecular formula is C13H20F3N3. The Morgan fingerprint density at radius 3 is 2.63 bits per heavy atom. The molecule has 1 aromatic heterocycles. The highest BCUT2D eigenvalue weighted by molar-refractivity contribution is 5.21. The number of nitrogens with one attached hydrogen (secondary N) is 1. The molecule has 108 valence electrons. The molecule has 6 heteroatoms. The van der Waals surface area contributed by atoms with Crippen molar-refractivity contribution in [3.05, 3.63) is 17.5 Å². The third-order valence-corrected chi connectivity index (χ3v) is 3.55. The third-order valence-electron chi connectivity index (χ3n) is 3.55. The molecule has 3 nitrogen and oxygen atoms in total. The van der Waals surface area contributed by atoms with Gasteiger partial charge in [-0.3, -0.25) is 4.68 Å². The van der Waals surface area contributed by atoms with Crippen LogP contribution in [0.1, 0.15) is 56.3 Å². The Hall–Kier alpha value is -1.04. The van der Waals surface area contributed by atoms with E-state index >= 15 is 0 Å². The Morgan fingerprint density at radius 1 is 1.37 bits per heavy atom. The van der Waals surface area contributed by atoms with Crippen LogP contribution in [-0.4, -0.2) is 16.3 Å². The van der Waals surface area contributed by atoms with Gasteiger partial charge in [-0.2, -0.15) is 18.3 Å². The molecule has 0 saturated heterocycles. The summed E-state index contributed by atoms with van der Waals surface area (Å²) in [5, 5.41) is 7.01. The van der Waals surface area contributed by atoms with Crippen LogP contribution in [0.25, 0.3) is 0 Å². The molecule has 0 spiro atoms. The monoisotopic (exact) mass is 275 g/mol. The average Bonchev–Trinajstić information content (AvgIpc) is 2.96. The van der Waals surface area contributed by atoms with Crippen LogP contribution >= 0.6 is 0 Å². The molecule has 0 radical (unpaired) electrons. The van der Waals surface area contributed by atoms with Gasteiger partial charge in [-0.1, -0.05) is 19.8 Å². The molecule has 1 aliphatic carbocycles. The van der Waals surface area contributed by atoms with E-state index in [1.165, 1.54) is 10.9 Å². The molecule has 0 bridgehead atoms. The lowest BCUT2D eigenvalue weighted by Crippen LogP contribution is -2.22. The zero-order valence-electron chi connectivity index (χ0n) is 11.1. The Bertz CT molecular complexity index is 406. The first-order chi connectivity index (χ1) is 9.04. The summed E-state index contributed by atoms with van der Waals surface area (Å²) in [6, 6.07) is -0.0865. The van der Waals surface area contributed by atoms with E-state index in [2.05, 4.69) is 10.4 Å². The minimum Gasteiger partial charge on any atom is -0.313 e. The number of halogens is 3. The topological polar surface area (TPSA) is 29.9 Å². The van der Waals surface area contributed by atoms with Gasteiger partial charge in [-0.25, -0.2) is 0 Å². The maximum Gasteiger partial charge on any atom is 0.433 e. The summed E-state index contributed by atoms with van der Waals surface area (Å²) in [5.74, 6) is 0. The second-order valence-electron chi connectivity index (χ2n) is 5.08. The van der Waals surface area contributed by atoms with Gasteiger partial charge in [-0.05, 0) is 25.8 Å².